The molecule has 1 aliphatic heterocycles. The first-order valence-corrected chi connectivity index (χ1v) is 11.5. The summed E-state index contributed by atoms with van der Waals surface area (Å²) in [6.45, 7) is 2.11. The van der Waals surface area contributed by atoms with Gasteiger partial charge in [0, 0.05) is 37.7 Å². The molecule has 0 spiro atoms. The monoisotopic (exact) mass is 415 g/mol. The van der Waals surface area contributed by atoms with Crippen LogP contribution in [-0.4, -0.2) is 62.6 Å². The van der Waals surface area contributed by atoms with E-state index in [1.54, 1.807) is 19.5 Å². The number of amides is 1. The third kappa shape index (κ3) is 4.64. The van der Waals surface area contributed by atoms with Crippen molar-refractivity contribution in [2.75, 3.05) is 26.0 Å². The van der Waals surface area contributed by atoms with Gasteiger partial charge >= 0.3 is 0 Å². The minimum atomic E-state index is 0.235. The van der Waals surface area contributed by atoms with Crippen LogP contribution in [0.15, 0.2) is 29.7 Å². The van der Waals surface area contributed by atoms with Crippen molar-refractivity contribution in [3.05, 3.63) is 24.5 Å². The topological polar surface area (TPSA) is 73.1 Å². The number of carbonyl (C=O) groups excluding carboxylic acids is 1. The van der Waals surface area contributed by atoms with Crippen LogP contribution in [0.5, 0.6) is 0 Å². The zero-order valence-electron chi connectivity index (χ0n) is 17.0. The lowest BCUT2D eigenvalue weighted by atomic mass is 9.78. The number of hydrogen-bond acceptors (Lipinski definition) is 6. The van der Waals surface area contributed by atoms with Crippen molar-refractivity contribution in [3.63, 3.8) is 0 Å². The summed E-state index contributed by atoms with van der Waals surface area (Å²) in [4.78, 5) is 19.3. The molecule has 29 heavy (non-hydrogen) atoms. The Morgan fingerprint density at radius 2 is 1.97 bits per heavy atom. The van der Waals surface area contributed by atoms with Crippen LogP contribution in [0.3, 0.4) is 0 Å². The molecule has 2 fully saturated rings. The molecule has 4 rings (SSSR count). The smallest absolute Gasteiger partial charge is 0.233 e. The van der Waals surface area contributed by atoms with Crippen LogP contribution in [0.4, 0.5) is 0 Å². The van der Waals surface area contributed by atoms with Crippen molar-refractivity contribution in [1.29, 1.82) is 0 Å². The second-order valence-corrected chi connectivity index (χ2v) is 8.76. The summed E-state index contributed by atoms with van der Waals surface area (Å²) in [5.41, 5.74) is 0.961. The van der Waals surface area contributed by atoms with E-state index in [0.717, 1.165) is 35.9 Å². The van der Waals surface area contributed by atoms with Crippen molar-refractivity contribution in [1.82, 2.24) is 24.6 Å². The Kier molecular flexibility index (Phi) is 6.82. The van der Waals surface area contributed by atoms with Gasteiger partial charge in [-0.3, -0.25) is 14.3 Å². The minimum Gasteiger partial charge on any atom is -0.383 e. The van der Waals surface area contributed by atoms with Crippen molar-refractivity contribution in [2.24, 2.45) is 5.92 Å². The summed E-state index contributed by atoms with van der Waals surface area (Å²) >= 11 is 1.48. The molecule has 156 valence electrons. The number of piperidine rings is 1. The lowest BCUT2D eigenvalue weighted by Crippen LogP contribution is -2.50. The van der Waals surface area contributed by atoms with Crippen LogP contribution in [-0.2, 0) is 16.1 Å². The second-order valence-electron chi connectivity index (χ2n) is 7.82. The van der Waals surface area contributed by atoms with Gasteiger partial charge in [0.25, 0.3) is 0 Å². The van der Waals surface area contributed by atoms with E-state index in [0.29, 0.717) is 30.9 Å². The predicted molar refractivity (Wildman–Crippen MR) is 113 cm³/mol. The lowest BCUT2D eigenvalue weighted by Gasteiger charge is -2.44. The van der Waals surface area contributed by atoms with Gasteiger partial charge in [-0.2, -0.15) is 0 Å². The number of fused-ring (bicyclic) bond motifs is 1. The van der Waals surface area contributed by atoms with Gasteiger partial charge in [0.1, 0.15) is 0 Å². The molecule has 2 aromatic heterocycles. The molecule has 2 aromatic rings. The maximum Gasteiger partial charge on any atom is 0.233 e. The number of ether oxygens (including phenoxy) is 1. The van der Waals surface area contributed by atoms with E-state index in [1.165, 1.54) is 37.4 Å². The van der Waals surface area contributed by atoms with Crippen molar-refractivity contribution >= 4 is 17.7 Å². The molecular formula is C21H29N5O2S. The Morgan fingerprint density at radius 1 is 1.17 bits per heavy atom. The molecule has 0 radical (unpaired) electrons. The molecule has 2 unspecified atom stereocenters. The molecule has 8 heteroatoms. The molecule has 2 atom stereocenters. The third-order valence-corrected chi connectivity index (χ3v) is 7.01. The van der Waals surface area contributed by atoms with Crippen molar-refractivity contribution < 1.29 is 9.53 Å². The van der Waals surface area contributed by atoms with Crippen LogP contribution in [0, 0.1) is 5.92 Å². The molecule has 0 aromatic carbocycles. The Morgan fingerprint density at radius 3 is 2.79 bits per heavy atom. The largest absolute Gasteiger partial charge is 0.383 e. The Balaban J connectivity index is 1.46. The summed E-state index contributed by atoms with van der Waals surface area (Å²) in [6, 6.07) is 4.29. The molecule has 1 aliphatic carbocycles. The van der Waals surface area contributed by atoms with Crippen LogP contribution in [0.2, 0.25) is 0 Å². The predicted octanol–water partition coefficient (Wildman–Crippen LogP) is 3.26. The first kappa shape index (κ1) is 20.3. The zero-order valence-corrected chi connectivity index (χ0v) is 17.8. The number of thioether (sulfide) groups is 1. The van der Waals surface area contributed by atoms with Gasteiger partial charge in [0.2, 0.25) is 5.91 Å². The summed E-state index contributed by atoms with van der Waals surface area (Å²) in [7, 11) is 1.68. The van der Waals surface area contributed by atoms with Crippen LogP contribution in [0.1, 0.15) is 38.5 Å². The van der Waals surface area contributed by atoms with Crippen LogP contribution < -0.4 is 0 Å². The van der Waals surface area contributed by atoms with E-state index in [1.807, 2.05) is 16.7 Å². The van der Waals surface area contributed by atoms with E-state index >= 15 is 0 Å². The van der Waals surface area contributed by atoms with Crippen LogP contribution in [0.25, 0.3) is 11.4 Å². The highest BCUT2D eigenvalue weighted by Crippen LogP contribution is 2.35. The number of rotatable bonds is 7. The van der Waals surface area contributed by atoms with Gasteiger partial charge in [-0.05, 0) is 43.7 Å². The number of pyridine rings is 1. The molecule has 0 N–H and O–H groups in total. The molecule has 1 saturated heterocycles. The molecule has 0 bridgehead atoms. The summed E-state index contributed by atoms with van der Waals surface area (Å²) in [6.07, 6.45) is 10.9. The summed E-state index contributed by atoms with van der Waals surface area (Å²) < 4.78 is 7.31. The molecular weight excluding hydrogens is 386 g/mol. The van der Waals surface area contributed by atoms with Gasteiger partial charge < -0.3 is 9.64 Å². The van der Waals surface area contributed by atoms with E-state index in [4.69, 9.17) is 4.74 Å². The third-order valence-electron chi connectivity index (χ3n) is 6.06. The highest BCUT2D eigenvalue weighted by atomic mass is 32.2. The number of methoxy groups -OCH3 is 1. The van der Waals surface area contributed by atoms with E-state index in [2.05, 4.69) is 20.1 Å². The molecule has 1 amide bonds. The summed E-state index contributed by atoms with van der Waals surface area (Å²) in [5.74, 6) is 2.13. The Hall–Kier alpha value is -1.93. The number of carbonyl (C=O) groups is 1. The van der Waals surface area contributed by atoms with Crippen molar-refractivity contribution in [3.8, 4) is 11.4 Å². The van der Waals surface area contributed by atoms with Gasteiger partial charge in [-0.1, -0.05) is 24.6 Å². The SMILES string of the molecule is COCCn1c(SCC(=O)N2CCCC3CCCCC32)nnc1-c1ccncc1. The fraction of sp³-hybridized carbons (Fsp3) is 0.619. The number of likely N-dealkylation sites (tertiary alicyclic amines) is 1. The minimum absolute atomic E-state index is 0.235. The molecule has 3 heterocycles. The van der Waals surface area contributed by atoms with E-state index in [-0.39, 0.29) is 5.91 Å². The average Bonchev–Trinajstić information content (AvgIpc) is 3.19. The second kappa shape index (κ2) is 9.71. The standard InChI is InChI=1S/C21H29N5O2S/c1-28-14-13-26-20(17-8-10-22-11-9-17)23-24-21(26)29-15-19(27)25-12-4-6-16-5-2-3-7-18(16)25/h8-11,16,18H,2-7,12-15H2,1H3. The first-order valence-electron chi connectivity index (χ1n) is 10.5. The lowest BCUT2D eigenvalue weighted by molar-refractivity contribution is -0.134. The molecule has 1 saturated carbocycles. The Bertz CT molecular complexity index is 811. The fourth-order valence-electron chi connectivity index (χ4n) is 4.64. The number of aromatic nitrogens is 4. The maximum absolute atomic E-state index is 13.0. The molecule has 7 nitrogen and oxygen atoms in total. The highest BCUT2D eigenvalue weighted by Gasteiger charge is 2.35. The fourth-order valence-corrected chi connectivity index (χ4v) is 5.49. The quantitative estimate of drug-likeness (QED) is 0.646. The van der Waals surface area contributed by atoms with Crippen molar-refractivity contribution in [2.45, 2.75) is 56.3 Å². The zero-order chi connectivity index (χ0) is 20.1. The normalized spacial score (nSPS) is 21.8. The van der Waals surface area contributed by atoms with Gasteiger partial charge in [0.05, 0.1) is 18.9 Å². The van der Waals surface area contributed by atoms with Crippen LogP contribution >= 0.6 is 11.8 Å². The van der Waals surface area contributed by atoms with Gasteiger partial charge in [-0.25, -0.2) is 0 Å². The van der Waals surface area contributed by atoms with Gasteiger partial charge in [-0.15, -0.1) is 10.2 Å². The van der Waals surface area contributed by atoms with Gasteiger partial charge in [0.15, 0.2) is 11.0 Å². The molecule has 2 aliphatic rings. The highest BCUT2D eigenvalue weighted by molar-refractivity contribution is 7.99. The maximum atomic E-state index is 13.0. The number of hydrogen-bond donors (Lipinski definition) is 0. The summed E-state index contributed by atoms with van der Waals surface area (Å²) in [5, 5.41) is 9.52. The number of nitrogens with zero attached hydrogens (tertiary/aromatic N) is 5. The average molecular weight is 416 g/mol. The first-order chi connectivity index (χ1) is 14.3. The van der Waals surface area contributed by atoms with E-state index in [9.17, 15) is 4.79 Å². The Labute approximate surface area is 176 Å². The van der Waals surface area contributed by atoms with E-state index < -0.39 is 0 Å².